The van der Waals surface area contributed by atoms with Crippen molar-refractivity contribution in [1.82, 2.24) is 19.6 Å². The van der Waals surface area contributed by atoms with Gasteiger partial charge in [-0.05, 0) is 46.1 Å². The molecule has 9 nitrogen and oxygen atoms in total. The van der Waals surface area contributed by atoms with Gasteiger partial charge >= 0.3 is 0 Å². The minimum absolute atomic E-state index is 0.0134. The van der Waals surface area contributed by atoms with Gasteiger partial charge in [0.15, 0.2) is 0 Å². The molecule has 172 valence electrons. The number of benzene rings is 1. The quantitative estimate of drug-likeness (QED) is 0.398. The van der Waals surface area contributed by atoms with Crippen LogP contribution in [0.4, 0.5) is 0 Å². The Morgan fingerprint density at radius 1 is 1.19 bits per heavy atom. The van der Waals surface area contributed by atoms with Gasteiger partial charge in [0.2, 0.25) is 0 Å². The number of aliphatic hydroxyl groups is 1. The van der Waals surface area contributed by atoms with E-state index in [9.17, 15) is 14.7 Å². The van der Waals surface area contributed by atoms with Gasteiger partial charge in [-0.2, -0.15) is 5.10 Å². The number of ether oxygens (including phenoxy) is 2. The number of hydrogen-bond donors (Lipinski definition) is 1. The third kappa shape index (κ3) is 3.95. The average molecular weight is 443 g/mol. The number of rotatable bonds is 7. The number of aromatic nitrogens is 2. The number of Topliss-reactive ketones (excluding diaryl/α,β-unsaturated/α-hetero) is 1. The molecule has 0 spiro atoms. The Morgan fingerprint density at radius 2 is 1.88 bits per heavy atom. The Kier molecular flexibility index (Phi) is 6.59. The Morgan fingerprint density at radius 3 is 2.41 bits per heavy atom. The molecule has 1 amide bonds. The zero-order chi connectivity index (χ0) is 23.7. The topological polar surface area (TPSA) is 97.1 Å². The predicted octanol–water partition coefficient (Wildman–Crippen LogP) is 2.04. The molecule has 0 aliphatic carbocycles. The fraction of sp³-hybridized carbons (Fsp3) is 0.435. The SMILES string of the molecule is COc1ccc(OC)c([C@H]2/C(=C(\O)c3c(C)nn(C)c3C)C(=O)C(=O)N2CCN(C)C)c1. The lowest BCUT2D eigenvalue weighted by molar-refractivity contribution is -0.140. The molecule has 1 aromatic carbocycles. The Hall–Kier alpha value is -3.33. The Labute approximate surface area is 187 Å². The molecule has 2 aromatic rings. The zero-order valence-corrected chi connectivity index (χ0v) is 19.6. The van der Waals surface area contributed by atoms with E-state index >= 15 is 0 Å². The van der Waals surface area contributed by atoms with E-state index in [2.05, 4.69) is 5.10 Å². The van der Waals surface area contributed by atoms with Gasteiger partial charge in [-0.1, -0.05) is 0 Å². The second-order valence-corrected chi connectivity index (χ2v) is 8.07. The number of aliphatic hydroxyl groups excluding tert-OH is 1. The molecule has 1 aromatic heterocycles. The van der Waals surface area contributed by atoms with Gasteiger partial charge < -0.3 is 24.4 Å². The summed E-state index contributed by atoms with van der Waals surface area (Å²) in [4.78, 5) is 29.7. The molecular weight excluding hydrogens is 412 g/mol. The first-order chi connectivity index (χ1) is 15.1. The minimum atomic E-state index is -0.834. The van der Waals surface area contributed by atoms with Crippen LogP contribution >= 0.6 is 0 Å². The lowest BCUT2D eigenvalue weighted by Crippen LogP contribution is -2.35. The van der Waals surface area contributed by atoms with Crippen LogP contribution in [0.15, 0.2) is 23.8 Å². The maximum absolute atomic E-state index is 13.2. The highest BCUT2D eigenvalue weighted by molar-refractivity contribution is 6.46. The summed E-state index contributed by atoms with van der Waals surface area (Å²) in [7, 11) is 8.60. The van der Waals surface area contributed by atoms with Gasteiger partial charge in [0.05, 0.1) is 37.1 Å². The fourth-order valence-electron chi connectivity index (χ4n) is 4.05. The molecule has 1 N–H and O–H groups in total. The minimum Gasteiger partial charge on any atom is -0.507 e. The summed E-state index contributed by atoms with van der Waals surface area (Å²) in [6.07, 6.45) is 0. The van der Waals surface area contributed by atoms with Crippen molar-refractivity contribution in [2.45, 2.75) is 19.9 Å². The van der Waals surface area contributed by atoms with Crippen molar-refractivity contribution in [3.63, 3.8) is 0 Å². The summed E-state index contributed by atoms with van der Waals surface area (Å²) in [6, 6.07) is 4.36. The number of methoxy groups -OCH3 is 2. The van der Waals surface area contributed by atoms with Crippen LogP contribution in [-0.2, 0) is 16.6 Å². The van der Waals surface area contributed by atoms with Gasteiger partial charge in [-0.3, -0.25) is 14.3 Å². The molecule has 1 saturated heterocycles. The molecule has 0 unspecified atom stereocenters. The summed E-state index contributed by atoms with van der Waals surface area (Å²) >= 11 is 0. The molecule has 0 radical (unpaired) electrons. The number of likely N-dealkylation sites (tertiary alicyclic amines) is 1. The number of carbonyl (C=O) groups excluding carboxylic acids is 2. The van der Waals surface area contributed by atoms with Crippen molar-refractivity contribution >= 4 is 17.4 Å². The molecule has 1 aliphatic heterocycles. The van der Waals surface area contributed by atoms with Crippen LogP contribution in [0.1, 0.15) is 28.6 Å². The molecule has 0 bridgehead atoms. The van der Waals surface area contributed by atoms with Crippen LogP contribution in [0.2, 0.25) is 0 Å². The van der Waals surface area contributed by atoms with Crippen LogP contribution < -0.4 is 9.47 Å². The second-order valence-electron chi connectivity index (χ2n) is 8.07. The highest BCUT2D eigenvalue weighted by Gasteiger charge is 2.47. The molecule has 0 saturated carbocycles. The molecule has 9 heteroatoms. The van der Waals surface area contributed by atoms with Crippen molar-refractivity contribution in [2.24, 2.45) is 7.05 Å². The van der Waals surface area contributed by atoms with Crippen molar-refractivity contribution in [3.05, 3.63) is 46.3 Å². The van der Waals surface area contributed by atoms with Gasteiger partial charge in [-0.25, -0.2) is 0 Å². The number of likely N-dealkylation sites (N-methyl/N-ethyl adjacent to an activating group) is 1. The third-order valence-electron chi connectivity index (χ3n) is 5.81. The van der Waals surface area contributed by atoms with Gasteiger partial charge in [-0.15, -0.1) is 0 Å². The summed E-state index contributed by atoms with van der Waals surface area (Å²) in [5, 5.41) is 15.7. The van der Waals surface area contributed by atoms with Gasteiger partial charge in [0, 0.05) is 31.4 Å². The van der Waals surface area contributed by atoms with Crippen molar-refractivity contribution in [1.29, 1.82) is 0 Å². The van der Waals surface area contributed by atoms with Gasteiger partial charge in [0.1, 0.15) is 17.3 Å². The number of aryl methyl sites for hydroxylation is 2. The van der Waals surface area contributed by atoms with Gasteiger partial charge in [0.25, 0.3) is 11.7 Å². The molecule has 32 heavy (non-hydrogen) atoms. The number of hydrogen-bond acceptors (Lipinski definition) is 7. The molecule has 2 heterocycles. The standard InChI is InChI=1S/C23H30N4O5/c1-13-18(14(2)26(5)24-13)21(28)19-20(16-12-15(31-6)8-9-17(16)32-7)27(11-10-25(3)4)23(30)22(19)29/h8-9,12,20,28H,10-11H2,1-7H3/b21-19+/t20-/m0/s1. The smallest absolute Gasteiger partial charge is 0.295 e. The lowest BCUT2D eigenvalue weighted by atomic mass is 9.94. The van der Waals surface area contributed by atoms with E-state index in [0.29, 0.717) is 47.1 Å². The maximum atomic E-state index is 13.2. The lowest BCUT2D eigenvalue weighted by Gasteiger charge is -2.28. The first kappa shape index (κ1) is 23.3. The Bertz CT molecular complexity index is 1090. The highest BCUT2D eigenvalue weighted by Crippen LogP contribution is 2.44. The van der Waals surface area contributed by atoms with Crippen molar-refractivity contribution in [3.8, 4) is 11.5 Å². The average Bonchev–Trinajstić information content (AvgIpc) is 3.16. The van der Waals surface area contributed by atoms with Crippen LogP contribution in [0, 0.1) is 13.8 Å². The summed E-state index contributed by atoms with van der Waals surface area (Å²) in [6.45, 7) is 4.40. The van der Waals surface area contributed by atoms with E-state index in [0.717, 1.165) is 0 Å². The third-order valence-corrected chi connectivity index (χ3v) is 5.81. The molecule has 1 atom stereocenters. The maximum Gasteiger partial charge on any atom is 0.295 e. The first-order valence-electron chi connectivity index (χ1n) is 10.3. The van der Waals surface area contributed by atoms with Crippen LogP contribution in [0.25, 0.3) is 5.76 Å². The largest absolute Gasteiger partial charge is 0.507 e. The van der Waals surface area contributed by atoms with E-state index < -0.39 is 17.7 Å². The second kappa shape index (κ2) is 9.04. The number of carbonyl (C=O) groups is 2. The van der Waals surface area contributed by atoms with E-state index in [1.54, 1.807) is 43.8 Å². The number of ketones is 1. The van der Waals surface area contributed by atoms with Crippen LogP contribution in [0.5, 0.6) is 11.5 Å². The summed E-state index contributed by atoms with van der Waals surface area (Å²) in [5.41, 5.74) is 2.28. The first-order valence-corrected chi connectivity index (χ1v) is 10.3. The molecule has 1 aliphatic rings. The Balaban J connectivity index is 2.30. The number of nitrogens with zero attached hydrogens (tertiary/aromatic N) is 4. The van der Waals surface area contributed by atoms with E-state index in [-0.39, 0.29) is 11.3 Å². The zero-order valence-electron chi connectivity index (χ0n) is 19.6. The van der Waals surface area contributed by atoms with E-state index in [1.807, 2.05) is 19.0 Å². The fourth-order valence-corrected chi connectivity index (χ4v) is 4.05. The monoisotopic (exact) mass is 442 g/mol. The van der Waals surface area contributed by atoms with Crippen molar-refractivity contribution < 1.29 is 24.2 Å². The molecular formula is C23H30N4O5. The van der Waals surface area contributed by atoms with Crippen LogP contribution in [0.3, 0.4) is 0 Å². The highest BCUT2D eigenvalue weighted by atomic mass is 16.5. The molecule has 3 rings (SSSR count). The predicted molar refractivity (Wildman–Crippen MR) is 120 cm³/mol. The molecule has 1 fully saturated rings. The van der Waals surface area contributed by atoms with Crippen LogP contribution in [-0.4, -0.2) is 77.8 Å². The van der Waals surface area contributed by atoms with E-state index in [4.69, 9.17) is 9.47 Å². The summed E-state index contributed by atoms with van der Waals surface area (Å²) in [5.74, 6) is -0.610. The normalized spacial score (nSPS) is 18.0. The van der Waals surface area contributed by atoms with E-state index in [1.165, 1.54) is 19.1 Å². The van der Waals surface area contributed by atoms with Crippen molar-refractivity contribution in [2.75, 3.05) is 41.4 Å². The number of amides is 1. The summed E-state index contributed by atoms with van der Waals surface area (Å²) < 4.78 is 12.6.